The number of alkyl halides is 2. The van der Waals surface area contributed by atoms with Crippen LogP contribution in [0.25, 0.3) is 6.08 Å². The van der Waals surface area contributed by atoms with E-state index in [4.69, 9.17) is 0 Å². The lowest BCUT2D eigenvalue weighted by Gasteiger charge is -2.33. The highest BCUT2D eigenvalue weighted by atomic mass is 32.2. The molecule has 0 atom stereocenters. The van der Waals surface area contributed by atoms with Crippen molar-refractivity contribution >= 4 is 22.0 Å². The van der Waals surface area contributed by atoms with E-state index in [0.717, 1.165) is 12.1 Å². The molecule has 0 bridgehead atoms. The molecular weight excluding hydrogens is 421 g/mol. The summed E-state index contributed by atoms with van der Waals surface area (Å²) in [5, 5.41) is 0. The molecule has 1 saturated heterocycles. The summed E-state index contributed by atoms with van der Waals surface area (Å²) in [6.07, 6.45) is 2.60. The summed E-state index contributed by atoms with van der Waals surface area (Å²) in [5.41, 5.74) is 0.318. The van der Waals surface area contributed by atoms with Gasteiger partial charge in [0.25, 0.3) is 0 Å². The van der Waals surface area contributed by atoms with Crippen molar-refractivity contribution in [2.24, 2.45) is 0 Å². The van der Waals surface area contributed by atoms with Crippen LogP contribution in [-0.4, -0.2) is 56.3 Å². The van der Waals surface area contributed by atoms with Gasteiger partial charge in [0.2, 0.25) is 15.9 Å². The smallest absolute Gasteiger partial charge is 0.387 e. The number of ether oxygens (including phenoxy) is 1. The maximum atomic E-state index is 13.4. The van der Waals surface area contributed by atoms with Gasteiger partial charge in [-0.1, -0.05) is 24.3 Å². The first-order chi connectivity index (χ1) is 14.3. The maximum Gasteiger partial charge on any atom is 0.387 e. The largest absolute Gasteiger partial charge is 0.434 e. The molecule has 0 radical (unpaired) electrons. The summed E-state index contributed by atoms with van der Waals surface area (Å²) in [7, 11) is -3.86. The standard InChI is InChI=1S/C20H19F3N2O4S/c21-16-5-3-6-17(14-16)30(27,28)25-12-10-24(11-13-25)19(26)9-8-15-4-1-2-7-18(15)29-20(22)23/h1-9,14,20H,10-13H2/b9-8+. The zero-order valence-corrected chi connectivity index (χ0v) is 16.6. The Kier molecular flexibility index (Phi) is 6.78. The molecular formula is C20H19F3N2O4S. The van der Waals surface area contributed by atoms with Crippen LogP contribution in [0.3, 0.4) is 0 Å². The zero-order valence-electron chi connectivity index (χ0n) is 15.7. The highest BCUT2D eigenvalue weighted by molar-refractivity contribution is 7.89. The van der Waals surface area contributed by atoms with Crippen molar-refractivity contribution in [1.29, 1.82) is 0 Å². The molecule has 3 rings (SSSR count). The van der Waals surface area contributed by atoms with E-state index in [1.807, 2.05) is 0 Å². The normalized spacial score (nSPS) is 15.7. The van der Waals surface area contributed by atoms with Gasteiger partial charge < -0.3 is 9.64 Å². The molecule has 0 aromatic heterocycles. The minimum absolute atomic E-state index is 0.0532. The van der Waals surface area contributed by atoms with Crippen molar-refractivity contribution in [2.75, 3.05) is 26.2 Å². The van der Waals surface area contributed by atoms with Gasteiger partial charge in [0.05, 0.1) is 4.90 Å². The van der Waals surface area contributed by atoms with Gasteiger partial charge in [0.15, 0.2) is 0 Å². The number of carbonyl (C=O) groups excluding carboxylic acids is 1. The third-order valence-electron chi connectivity index (χ3n) is 4.52. The van der Waals surface area contributed by atoms with Crippen molar-refractivity contribution < 1.29 is 31.1 Å². The number of para-hydroxylation sites is 1. The average molecular weight is 440 g/mol. The molecule has 6 nitrogen and oxygen atoms in total. The highest BCUT2D eigenvalue weighted by Crippen LogP contribution is 2.22. The van der Waals surface area contributed by atoms with E-state index in [2.05, 4.69) is 4.74 Å². The molecule has 0 unspecified atom stereocenters. The number of halogens is 3. The SMILES string of the molecule is O=C(/C=C/c1ccccc1OC(F)F)N1CCN(S(=O)(=O)c2cccc(F)c2)CC1. The van der Waals surface area contributed by atoms with Gasteiger partial charge >= 0.3 is 6.61 Å². The number of amides is 1. The van der Waals surface area contributed by atoms with Crippen LogP contribution >= 0.6 is 0 Å². The Morgan fingerprint density at radius 3 is 2.40 bits per heavy atom. The monoisotopic (exact) mass is 440 g/mol. The van der Waals surface area contributed by atoms with Gasteiger partial charge in [0.1, 0.15) is 11.6 Å². The van der Waals surface area contributed by atoms with E-state index in [1.165, 1.54) is 51.7 Å². The molecule has 1 aliphatic heterocycles. The summed E-state index contributed by atoms with van der Waals surface area (Å²) < 4.78 is 69.2. The van der Waals surface area contributed by atoms with Gasteiger partial charge in [0, 0.05) is 37.8 Å². The van der Waals surface area contributed by atoms with E-state index in [-0.39, 0.29) is 42.7 Å². The van der Waals surface area contributed by atoms with Crippen LogP contribution in [-0.2, 0) is 14.8 Å². The Bertz CT molecular complexity index is 1040. The van der Waals surface area contributed by atoms with E-state index >= 15 is 0 Å². The summed E-state index contributed by atoms with van der Waals surface area (Å²) >= 11 is 0. The summed E-state index contributed by atoms with van der Waals surface area (Å²) in [6.45, 7) is -2.57. The molecule has 1 aliphatic rings. The highest BCUT2D eigenvalue weighted by Gasteiger charge is 2.29. The minimum Gasteiger partial charge on any atom is -0.434 e. The topological polar surface area (TPSA) is 66.9 Å². The van der Waals surface area contributed by atoms with Crippen LogP contribution in [0.1, 0.15) is 5.56 Å². The fourth-order valence-corrected chi connectivity index (χ4v) is 4.47. The third-order valence-corrected chi connectivity index (χ3v) is 6.42. The van der Waals surface area contributed by atoms with Gasteiger partial charge in [-0.2, -0.15) is 13.1 Å². The Morgan fingerprint density at radius 2 is 1.73 bits per heavy atom. The Labute approximate surface area is 172 Å². The molecule has 30 heavy (non-hydrogen) atoms. The fourth-order valence-electron chi connectivity index (χ4n) is 3.01. The molecule has 1 fully saturated rings. The summed E-state index contributed by atoms with van der Waals surface area (Å²) in [4.78, 5) is 13.7. The van der Waals surface area contributed by atoms with Crippen LogP contribution < -0.4 is 4.74 Å². The van der Waals surface area contributed by atoms with E-state index in [1.54, 1.807) is 6.07 Å². The predicted octanol–water partition coefficient (Wildman–Crippen LogP) is 2.97. The number of rotatable bonds is 6. The van der Waals surface area contributed by atoms with Crippen molar-refractivity contribution in [2.45, 2.75) is 11.5 Å². The van der Waals surface area contributed by atoms with Gasteiger partial charge in [-0.15, -0.1) is 0 Å². The lowest BCUT2D eigenvalue weighted by Crippen LogP contribution is -2.50. The molecule has 0 N–H and O–H groups in total. The average Bonchev–Trinajstić information content (AvgIpc) is 2.72. The Balaban J connectivity index is 1.63. The van der Waals surface area contributed by atoms with Crippen LogP contribution in [0, 0.1) is 5.82 Å². The van der Waals surface area contributed by atoms with Crippen molar-refractivity contribution in [3.8, 4) is 5.75 Å². The summed E-state index contributed by atoms with van der Waals surface area (Å²) in [5.74, 6) is -1.08. The molecule has 1 heterocycles. The first-order valence-corrected chi connectivity index (χ1v) is 10.5. The first-order valence-electron chi connectivity index (χ1n) is 9.04. The lowest BCUT2D eigenvalue weighted by molar-refractivity contribution is -0.127. The second kappa shape index (κ2) is 9.31. The van der Waals surface area contributed by atoms with Gasteiger partial charge in [-0.05, 0) is 30.3 Å². The van der Waals surface area contributed by atoms with E-state index in [0.29, 0.717) is 5.56 Å². The van der Waals surface area contributed by atoms with Crippen LogP contribution in [0.2, 0.25) is 0 Å². The maximum absolute atomic E-state index is 13.4. The first kappa shape index (κ1) is 21.8. The van der Waals surface area contributed by atoms with Crippen LogP contribution in [0.5, 0.6) is 5.75 Å². The number of benzene rings is 2. The van der Waals surface area contributed by atoms with Crippen LogP contribution in [0.4, 0.5) is 13.2 Å². The summed E-state index contributed by atoms with van der Waals surface area (Å²) in [6, 6.07) is 10.8. The Hall–Kier alpha value is -2.85. The van der Waals surface area contributed by atoms with Gasteiger partial charge in [-0.25, -0.2) is 12.8 Å². The van der Waals surface area contributed by atoms with Crippen molar-refractivity contribution in [3.05, 3.63) is 66.0 Å². The van der Waals surface area contributed by atoms with Gasteiger partial charge in [-0.3, -0.25) is 4.79 Å². The number of hydrogen-bond donors (Lipinski definition) is 0. The lowest BCUT2D eigenvalue weighted by atomic mass is 10.2. The number of hydrogen-bond acceptors (Lipinski definition) is 4. The Morgan fingerprint density at radius 1 is 1.03 bits per heavy atom. The molecule has 10 heteroatoms. The predicted molar refractivity (Wildman–Crippen MR) is 104 cm³/mol. The molecule has 2 aromatic rings. The molecule has 2 aromatic carbocycles. The number of piperazine rings is 1. The molecule has 0 saturated carbocycles. The number of carbonyl (C=O) groups is 1. The number of sulfonamides is 1. The molecule has 0 aliphatic carbocycles. The second-order valence-electron chi connectivity index (χ2n) is 6.44. The quantitative estimate of drug-likeness (QED) is 0.648. The number of nitrogens with zero attached hydrogens (tertiary/aromatic N) is 2. The molecule has 160 valence electrons. The van der Waals surface area contributed by atoms with Crippen LogP contribution in [0.15, 0.2) is 59.5 Å². The zero-order chi connectivity index (χ0) is 21.7. The van der Waals surface area contributed by atoms with Crippen molar-refractivity contribution in [1.82, 2.24) is 9.21 Å². The molecule has 1 amide bonds. The van der Waals surface area contributed by atoms with E-state index in [9.17, 15) is 26.4 Å². The fraction of sp³-hybridized carbons (Fsp3) is 0.250. The third kappa shape index (κ3) is 5.19. The molecule has 0 spiro atoms. The second-order valence-corrected chi connectivity index (χ2v) is 8.37. The minimum atomic E-state index is -3.86. The van der Waals surface area contributed by atoms with Crippen molar-refractivity contribution in [3.63, 3.8) is 0 Å². The van der Waals surface area contributed by atoms with E-state index < -0.39 is 22.5 Å².